The fourth-order valence-electron chi connectivity index (χ4n) is 2.27. The molecule has 3 aromatic heterocycles. The van der Waals surface area contributed by atoms with E-state index in [0.717, 1.165) is 15.7 Å². The number of aromatic nitrogens is 5. The summed E-state index contributed by atoms with van der Waals surface area (Å²) in [7, 11) is 0. The van der Waals surface area contributed by atoms with Crippen LogP contribution >= 0.6 is 11.3 Å². The lowest BCUT2D eigenvalue weighted by molar-refractivity contribution is 0.496. The van der Waals surface area contributed by atoms with Crippen molar-refractivity contribution in [1.82, 2.24) is 25.2 Å². The summed E-state index contributed by atoms with van der Waals surface area (Å²) in [6.07, 6.45) is 1.63. The van der Waals surface area contributed by atoms with Gasteiger partial charge in [-0.3, -0.25) is 0 Å². The molecule has 0 aliphatic heterocycles. The van der Waals surface area contributed by atoms with Crippen molar-refractivity contribution in [2.75, 3.05) is 5.73 Å². The molecule has 4 aromatic rings. The van der Waals surface area contributed by atoms with Gasteiger partial charge in [-0.25, -0.2) is 4.98 Å². The Hall–Kier alpha value is -3.26. The van der Waals surface area contributed by atoms with Gasteiger partial charge in [0.2, 0.25) is 5.82 Å². The number of ether oxygens (including phenoxy) is 1. The fourth-order valence-corrected chi connectivity index (χ4v) is 3.12. The van der Waals surface area contributed by atoms with E-state index in [9.17, 15) is 0 Å². The van der Waals surface area contributed by atoms with Gasteiger partial charge in [-0.2, -0.15) is 4.80 Å². The van der Waals surface area contributed by atoms with Crippen molar-refractivity contribution in [3.63, 3.8) is 0 Å². The Morgan fingerprint density at radius 2 is 1.92 bits per heavy atom. The maximum Gasteiger partial charge on any atom is 0.208 e. The van der Waals surface area contributed by atoms with Gasteiger partial charge in [-0.1, -0.05) is 18.2 Å². The average molecular weight is 350 g/mol. The third-order valence-corrected chi connectivity index (χ3v) is 4.38. The van der Waals surface area contributed by atoms with Crippen molar-refractivity contribution in [2.24, 2.45) is 0 Å². The number of thiophene rings is 1. The molecule has 0 bridgehead atoms. The zero-order valence-electron chi connectivity index (χ0n) is 13.1. The number of hydrogen-bond acceptors (Lipinski definition) is 7. The van der Waals surface area contributed by atoms with Crippen LogP contribution in [0.3, 0.4) is 0 Å². The first-order chi connectivity index (χ1) is 12.3. The predicted molar refractivity (Wildman–Crippen MR) is 95.4 cm³/mol. The highest BCUT2D eigenvalue weighted by atomic mass is 32.1. The minimum atomic E-state index is 0.386. The number of nitrogens with zero attached hydrogens (tertiary/aromatic N) is 5. The molecular weight excluding hydrogens is 336 g/mol. The standard InChI is InChI=1S/C17H14N6OS/c18-16-14(7-4-10-19-16)17-20-22-23(21-17)11-13-8-9-15(25-13)24-12-5-2-1-3-6-12/h1-10H,11H2,(H2,18,19). The Balaban J connectivity index is 1.47. The molecular formula is C17H14N6OS. The molecule has 0 saturated heterocycles. The fraction of sp³-hybridized carbons (Fsp3) is 0.0588. The first-order valence-corrected chi connectivity index (χ1v) is 8.40. The molecule has 25 heavy (non-hydrogen) atoms. The topological polar surface area (TPSA) is 91.7 Å². The first kappa shape index (κ1) is 15.3. The predicted octanol–water partition coefficient (Wildman–Crippen LogP) is 3.22. The van der Waals surface area contributed by atoms with Crippen LogP contribution in [-0.4, -0.2) is 25.2 Å². The van der Waals surface area contributed by atoms with Crippen molar-refractivity contribution in [1.29, 1.82) is 0 Å². The van der Waals surface area contributed by atoms with Crippen LogP contribution in [0.1, 0.15) is 4.88 Å². The summed E-state index contributed by atoms with van der Waals surface area (Å²) in [5, 5.41) is 13.3. The van der Waals surface area contributed by atoms with Crippen molar-refractivity contribution in [3.05, 3.63) is 65.7 Å². The molecule has 8 heteroatoms. The smallest absolute Gasteiger partial charge is 0.208 e. The minimum absolute atomic E-state index is 0.386. The maximum atomic E-state index is 5.85. The number of pyridine rings is 1. The van der Waals surface area contributed by atoms with Crippen LogP contribution in [0.15, 0.2) is 60.8 Å². The van der Waals surface area contributed by atoms with Crippen LogP contribution in [0, 0.1) is 0 Å². The maximum absolute atomic E-state index is 5.85. The van der Waals surface area contributed by atoms with Crippen LogP contribution < -0.4 is 10.5 Å². The number of para-hydroxylation sites is 1. The third-order valence-electron chi connectivity index (χ3n) is 3.43. The SMILES string of the molecule is Nc1ncccc1-c1nnn(Cc2ccc(Oc3ccccc3)s2)n1. The van der Waals surface area contributed by atoms with Gasteiger partial charge in [0.05, 0.1) is 12.1 Å². The lowest BCUT2D eigenvalue weighted by atomic mass is 10.2. The molecule has 4 rings (SSSR count). The molecule has 0 unspecified atom stereocenters. The van der Waals surface area contributed by atoms with Gasteiger partial charge < -0.3 is 10.5 Å². The van der Waals surface area contributed by atoms with Gasteiger partial charge in [0.1, 0.15) is 11.6 Å². The monoisotopic (exact) mass is 350 g/mol. The summed E-state index contributed by atoms with van der Waals surface area (Å²) >= 11 is 1.54. The van der Waals surface area contributed by atoms with Crippen LogP contribution in [0.5, 0.6) is 10.8 Å². The molecule has 3 heterocycles. The van der Waals surface area contributed by atoms with E-state index in [4.69, 9.17) is 10.5 Å². The van der Waals surface area contributed by atoms with Gasteiger partial charge >= 0.3 is 0 Å². The summed E-state index contributed by atoms with van der Waals surface area (Å²) in [4.78, 5) is 6.63. The Morgan fingerprint density at radius 3 is 2.76 bits per heavy atom. The van der Waals surface area contributed by atoms with E-state index in [1.165, 1.54) is 4.80 Å². The number of tetrazole rings is 1. The van der Waals surface area contributed by atoms with E-state index in [-0.39, 0.29) is 0 Å². The molecule has 1 aromatic carbocycles. The summed E-state index contributed by atoms with van der Waals surface area (Å²) in [5.74, 6) is 1.66. The Morgan fingerprint density at radius 1 is 1.04 bits per heavy atom. The van der Waals surface area contributed by atoms with E-state index in [2.05, 4.69) is 20.4 Å². The van der Waals surface area contributed by atoms with Crippen molar-refractivity contribution in [3.8, 4) is 22.2 Å². The van der Waals surface area contributed by atoms with Crippen molar-refractivity contribution >= 4 is 17.2 Å². The second kappa shape index (κ2) is 6.70. The van der Waals surface area contributed by atoms with Crippen molar-refractivity contribution < 1.29 is 4.74 Å². The van der Waals surface area contributed by atoms with Crippen LogP contribution in [0.25, 0.3) is 11.4 Å². The van der Waals surface area contributed by atoms with Gasteiger partial charge in [0.15, 0.2) is 5.06 Å². The van der Waals surface area contributed by atoms with Gasteiger partial charge in [0, 0.05) is 11.1 Å². The molecule has 124 valence electrons. The first-order valence-electron chi connectivity index (χ1n) is 7.58. The number of rotatable bonds is 5. The number of benzene rings is 1. The third kappa shape index (κ3) is 3.48. The van der Waals surface area contributed by atoms with Gasteiger partial charge in [-0.15, -0.1) is 21.5 Å². The molecule has 0 aliphatic carbocycles. The van der Waals surface area contributed by atoms with Crippen molar-refractivity contribution in [2.45, 2.75) is 6.54 Å². The highest BCUT2D eigenvalue weighted by Gasteiger charge is 2.11. The van der Waals surface area contributed by atoms with E-state index >= 15 is 0 Å². The summed E-state index contributed by atoms with van der Waals surface area (Å²) in [6.45, 7) is 0.510. The van der Waals surface area contributed by atoms with E-state index in [1.54, 1.807) is 23.6 Å². The highest BCUT2D eigenvalue weighted by molar-refractivity contribution is 7.13. The number of nitrogen functional groups attached to an aromatic ring is 1. The molecule has 0 saturated carbocycles. The molecule has 2 N–H and O–H groups in total. The quantitative estimate of drug-likeness (QED) is 0.594. The lowest BCUT2D eigenvalue weighted by Gasteiger charge is -2.01. The lowest BCUT2D eigenvalue weighted by Crippen LogP contribution is -2.02. The second-order valence-electron chi connectivity index (χ2n) is 5.22. The van der Waals surface area contributed by atoms with Crippen LogP contribution in [-0.2, 0) is 6.54 Å². The van der Waals surface area contributed by atoms with Gasteiger partial charge in [-0.05, 0) is 41.6 Å². The molecule has 0 atom stereocenters. The summed E-state index contributed by atoms with van der Waals surface area (Å²) in [6, 6.07) is 17.2. The largest absolute Gasteiger partial charge is 0.447 e. The molecule has 7 nitrogen and oxygen atoms in total. The Kier molecular flexibility index (Phi) is 4.09. The molecule has 0 fully saturated rings. The Labute approximate surface area is 147 Å². The molecule has 0 spiro atoms. The van der Waals surface area contributed by atoms with E-state index in [0.29, 0.717) is 23.8 Å². The highest BCUT2D eigenvalue weighted by Crippen LogP contribution is 2.29. The second-order valence-corrected chi connectivity index (χ2v) is 6.35. The van der Waals surface area contributed by atoms with E-state index < -0.39 is 0 Å². The Bertz CT molecular complexity index is 981. The molecule has 0 amide bonds. The summed E-state index contributed by atoms with van der Waals surface area (Å²) < 4.78 is 5.81. The minimum Gasteiger partial charge on any atom is -0.447 e. The average Bonchev–Trinajstić information content (AvgIpc) is 3.26. The number of anilines is 1. The molecule has 0 aliphatic rings. The van der Waals surface area contributed by atoms with E-state index in [1.807, 2.05) is 48.5 Å². The van der Waals surface area contributed by atoms with Gasteiger partial charge in [0.25, 0.3) is 0 Å². The number of nitrogens with two attached hydrogens (primary N) is 1. The normalized spacial score (nSPS) is 10.7. The zero-order valence-corrected chi connectivity index (χ0v) is 13.9. The van der Waals surface area contributed by atoms with Crippen LogP contribution in [0.4, 0.5) is 5.82 Å². The zero-order chi connectivity index (χ0) is 17.1. The number of hydrogen-bond donors (Lipinski definition) is 1. The summed E-state index contributed by atoms with van der Waals surface area (Å²) in [5.41, 5.74) is 6.52. The van der Waals surface area contributed by atoms with Crippen LogP contribution in [0.2, 0.25) is 0 Å². The molecule has 0 radical (unpaired) electrons.